The third-order valence-corrected chi connectivity index (χ3v) is 9.25. The van der Waals surface area contributed by atoms with Crippen LogP contribution >= 0.6 is 0 Å². The highest BCUT2D eigenvalue weighted by molar-refractivity contribution is 7.90. The number of aryl methyl sites for hydroxylation is 1. The van der Waals surface area contributed by atoms with Crippen LogP contribution in [0, 0.1) is 13.8 Å². The molecule has 0 radical (unpaired) electrons. The van der Waals surface area contributed by atoms with Crippen LogP contribution in [0.3, 0.4) is 0 Å². The molecule has 0 saturated carbocycles. The Morgan fingerprint density at radius 2 is 1.41 bits per heavy atom. The zero-order valence-corrected chi connectivity index (χ0v) is 19.1. The molecule has 7 nitrogen and oxygen atoms in total. The van der Waals surface area contributed by atoms with Crippen LogP contribution in [-0.4, -0.2) is 43.4 Å². The van der Waals surface area contributed by atoms with Crippen LogP contribution in [0.5, 0.6) is 0 Å². The number of hydrogen-bond donors (Lipinski definition) is 0. The molecule has 1 aromatic heterocycles. The Morgan fingerprint density at radius 3 is 1.93 bits per heavy atom. The minimum atomic E-state index is -3.99. The molecule has 0 atom stereocenters. The van der Waals surface area contributed by atoms with E-state index in [1.807, 2.05) is 13.8 Å². The highest BCUT2D eigenvalue weighted by atomic mass is 32.2. The lowest BCUT2D eigenvalue weighted by atomic mass is 10.0. The molecule has 0 bridgehead atoms. The lowest BCUT2D eigenvalue weighted by Crippen LogP contribution is -2.32. The summed E-state index contributed by atoms with van der Waals surface area (Å²) in [5, 5.41) is 4.12. The average Bonchev–Trinajstić information content (AvgIpc) is 2.85. The summed E-state index contributed by atoms with van der Waals surface area (Å²) in [6.07, 6.45) is 3.63. The quantitative estimate of drug-likeness (QED) is 0.712. The maximum atomic E-state index is 13.3. The first kappa shape index (κ1) is 22.0. The smallest absolute Gasteiger partial charge is 0.207 e. The summed E-state index contributed by atoms with van der Waals surface area (Å²) >= 11 is 0. The molecule has 2 aromatic rings. The van der Waals surface area contributed by atoms with Gasteiger partial charge in [0, 0.05) is 13.1 Å². The molecule has 29 heavy (non-hydrogen) atoms. The van der Waals surface area contributed by atoms with Gasteiger partial charge < -0.3 is 0 Å². The van der Waals surface area contributed by atoms with E-state index in [0.29, 0.717) is 13.1 Å². The van der Waals surface area contributed by atoms with E-state index in [1.165, 1.54) is 11.2 Å². The molecular formula is C20H29N3O4S2. The first-order valence-electron chi connectivity index (χ1n) is 9.98. The van der Waals surface area contributed by atoms with Crippen molar-refractivity contribution in [1.82, 2.24) is 13.5 Å². The molecule has 1 fully saturated rings. The van der Waals surface area contributed by atoms with Crippen LogP contribution in [0.4, 0.5) is 0 Å². The number of aromatic nitrogens is 2. The van der Waals surface area contributed by atoms with Gasteiger partial charge in [-0.3, -0.25) is 0 Å². The van der Waals surface area contributed by atoms with Crippen LogP contribution in [0.1, 0.15) is 62.4 Å². The van der Waals surface area contributed by atoms with Crippen molar-refractivity contribution >= 4 is 20.0 Å². The lowest BCUT2D eigenvalue weighted by Gasteiger charge is -2.20. The topological polar surface area (TPSA) is 89.3 Å². The number of nitrogens with zero attached hydrogens (tertiary/aromatic N) is 3. The molecule has 0 unspecified atom stereocenters. The Bertz CT molecular complexity index is 1080. The van der Waals surface area contributed by atoms with E-state index in [0.717, 1.165) is 35.3 Å². The Labute approximate surface area is 173 Å². The van der Waals surface area contributed by atoms with Crippen molar-refractivity contribution in [3.8, 4) is 0 Å². The van der Waals surface area contributed by atoms with Crippen molar-refractivity contribution in [3.05, 3.63) is 41.2 Å². The molecule has 1 aliphatic rings. The summed E-state index contributed by atoms with van der Waals surface area (Å²) < 4.78 is 55.1. The summed E-state index contributed by atoms with van der Waals surface area (Å²) in [5.74, 6) is 0.283. The highest BCUT2D eigenvalue weighted by Gasteiger charge is 2.34. The third-order valence-electron chi connectivity index (χ3n) is 5.42. The van der Waals surface area contributed by atoms with Gasteiger partial charge in [-0.2, -0.15) is 21.9 Å². The summed E-state index contributed by atoms with van der Waals surface area (Å²) in [5.41, 5.74) is 1.36. The Balaban J connectivity index is 2.04. The third kappa shape index (κ3) is 4.13. The first-order chi connectivity index (χ1) is 13.6. The standard InChI is InChI=1S/C20H29N3O4S2/c1-15(2)18-9-11-19(12-10-18)28(24,25)23-17(4)20(16(3)21-23)29(26,27)22-13-7-5-6-8-14-22/h9-12,15H,5-8,13-14H2,1-4H3. The molecule has 0 spiro atoms. The van der Waals surface area contributed by atoms with Crippen molar-refractivity contribution < 1.29 is 16.8 Å². The largest absolute Gasteiger partial charge is 0.283 e. The monoisotopic (exact) mass is 439 g/mol. The zero-order chi connectivity index (χ0) is 21.4. The van der Waals surface area contributed by atoms with Crippen LogP contribution in [0.25, 0.3) is 0 Å². The Hall–Kier alpha value is -1.71. The molecule has 0 amide bonds. The molecule has 2 heterocycles. The molecule has 0 aliphatic carbocycles. The van der Waals surface area contributed by atoms with Gasteiger partial charge in [-0.1, -0.05) is 38.8 Å². The average molecular weight is 440 g/mol. The maximum Gasteiger partial charge on any atom is 0.283 e. The van der Waals surface area contributed by atoms with Gasteiger partial charge in [-0.05, 0) is 50.3 Å². The van der Waals surface area contributed by atoms with Gasteiger partial charge >= 0.3 is 0 Å². The van der Waals surface area contributed by atoms with E-state index in [9.17, 15) is 16.8 Å². The van der Waals surface area contributed by atoms with E-state index >= 15 is 0 Å². The Kier molecular flexibility index (Phi) is 6.21. The second-order valence-corrected chi connectivity index (χ2v) is 11.5. The summed E-state index contributed by atoms with van der Waals surface area (Å²) in [4.78, 5) is 0.0907. The maximum absolute atomic E-state index is 13.3. The summed E-state index contributed by atoms with van der Waals surface area (Å²) in [6.45, 7) is 8.02. The first-order valence-corrected chi connectivity index (χ1v) is 12.9. The van der Waals surface area contributed by atoms with Crippen molar-refractivity contribution in [1.29, 1.82) is 0 Å². The predicted octanol–water partition coefficient (Wildman–Crippen LogP) is 3.43. The van der Waals surface area contributed by atoms with Crippen molar-refractivity contribution in [2.24, 2.45) is 0 Å². The van der Waals surface area contributed by atoms with Crippen LogP contribution in [0.15, 0.2) is 34.1 Å². The number of benzene rings is 1. The zero-order valence-electron chi connectivity index (χ0n) is 17.4. The summed E-state index contributed by atoms with van der Waals surface area (Å²) in [7, 11) is -7.79. The van der Waals surface area contributed by atoms with E-state index < -0.39 is 20.0 Å². The van der Waals surface area contributed by atoms with E-state index in [-0.39, 0.29) is 27.1 Å². The molecule has 1 aliphatic heterocycles. The van der Waals surface area contributed by atoms with Gasteiger partial charge in [0.05, 0.1) is 16.3 Å². The van der Waals surface area contributed by atoms with Crippen LogP contribution in [-0.2, 0) is 20.0 Å². The van der Waals surface area contributed by atoms with Crippen LogP contribution in [0.2, 0.25) is 0 Å². The fourth-order valence-electron chi connectivity index (χ4n) is 3.75. The fraction of sp³-hybridized carbons (Fsp3) is 0.550. The van der Waals surface area contributed by atoms with E-state index in [1.54, 1.807) is 31.2 Å². The molecule has 1 saturated heterocycles. The molecule has 3 rings (SSSR count). The highest BCUT2D eigenvalue weighted by Crippen LogP contribution is 2.28. The molecule has 160 valence electrons. The molecule has 9 heteroatoms. The van der Waals surface area contributed by atoms with Crippen molar-refractivity contribution in [2.45, 2.75) is 69.1 Å². The van der Waals surface area contributed by atoms with Crippen LogP contribution < -0.4 is 0 Å². The minimum Gasteiger partial charge on any atom is -0.207 e. The normalized spacial score (nSPS) is 16.9. The van der Waals surface area contributed by atoms with Crippen molar-refractivity contribution in [2.75, 3.05) is 13.1 Å². The minimum absolute atomic E-state index is 0.00164. The number of rotatable bonds is 5. The van der Waals surface area contributed by atoms with Gasteiger partial charge in [0.25, 0.3) is 10.0 Å². The lowest BCUT2D eigenvalue weighted by molar-refractivity contribution is 0.423. The van der Waals surface area contributed by atoms with Gasteiger partial charge in [0.15, 0.2) is 0 Å². The second kappa shape index (κ2) is 8.20. The molecule has 0 N–H and O–H groups in total. The van der Waals surface area contributed by atoms with Gasteiger partial charge in [-0.25, -0.2) is 8.42 Å². The Morgan fingerprint density at radius 1 is 0.862 bits per heavy atom. The number of hydrogen-bond acceptors (Lipinski definition) is 5. The SMILES string of the molecule is Cc1nn(S(=O)(=O)c2ccc(C(C)C)cc2)c(C)c1S(=O)(=O)N1CCCCCC1. The molecular weight excluding hydrogens is 410 g/mol. The summed E-state index contributed by atoms with van der Waals surface area (Å²) in [6, 6.07) is 6.64. The number of sulfonamides is 1. The second-order valence-electron chi connectivity index (χ2n) is 7.89. The fourth-order valence-corrected chi connectivity index (χ4v) is 7.04. The molecule has 1 aromatic carbocycles. The van der Waals surface area contributed by atoms with Gasteiger partial charge in [0.2, 0.25) is 10.0 Å². The van der Waals surface area contributed by atoms with Gasteiger partial charge in [0.1, 0.15) is 4.90 Å². The van der Waals surface area contributed by atoms with Gasteiger partial charge in [-0.15, -0.1) is 0 Å². The van der Waals surface area contributed by atoms with E-state index in [4.69, 9.17) is 0 Å². The van der Waals surface area contributed by atoms with Crippen molar-refractivity contribution in [3.63, 3.8) is 0 Å². The van der Waals surface area contributed by atoms with E-state index in [2.05, 4.69) is 5.10 Å². The predicted molar refractivity (Wildman–Crippen MR) is 112 cm³/mol.